The maximum atomic E-state index is 11.2. The Morgan fingerprint density at radius 2 is 2.38 bits per heavy atom. The van der Waals surface area contributed by atoms with E-state index in [1.807, 2.05) is 0 Å². The molecule has 0 spiro atoms. The van der Waals surface area contributed by atoms with Gasteiger partial charge in [-0.3, -0.25) is 9.79 Å². The van der Waals surface area contributed by atoms with Gasteiger partial charge in [-0.05, 0) is 13.3 Å². The zero-order valence-electron chi connectivity index (χ0n) is 7.66. The third-order valence-corrected chi connectivity index (χ3v) is 2.98. The summed E-state index contributed by atoms with van der Waals surface area (Å²) in [6, 6.07) is 0. The molecule has 0 aromatic heterocycles. The van der Waals surface area contributed by atoms with Crippen LogP contribution in [0.3, 0.4) is 0 Å². The average molecular weight is 200 g/mol. The highest BCUT2D eigenvalue weighted by Gasteiger charge is 2.29. The first-order valence-electron chi connectivity index (χ1n) is 4.07. The summed E-state index contributed by atoms with van der Waals surface area (Å²) in [5.74, 6) is 0.0853. The molecule has 0 saturated carbocycles. The molecule has 13 heavy (non-hydrogen) atoms. The van der Waals surface area contributed by atoms with Crippen molar-refractivity contribution < 1.29 is 9.59 Å². The van der Waals surface area contributed by atoms with E-state index in [0.29, 0.717) is 18.0 Å². The lowest BCUT2D eigenvalue weighted by atomic mass is 10.2. The van der Waals surface area contributed by atoms with Gasteiger partial charge in [0.05, 0.1) is 5.25 Å². The number of amidine groups is 1. The van der Waals surface area contributed by atoms with E-state index in [9.17, 15) is 9.59 Å². The van der Waals surface area contributed by atoms with Gasteiger partial charge in [0.2, 0.25) is 5.91 Å². The molecule has 1 N–H and O–H groups in total. The first-order valence-corrected chi connectivity index (χ1v) is 4.95. The second-order valence-electron chi connectivity index (χ2n) is 2.87. The fraction of sp³-hybridized carbons (Fsp3) is 0.625. The van der Waals surface area contributed by atoms with Gasteiger partial charge < -0.3 is 10.1 Å². The Kier molecular flexibility index (Phi) is 3.48. The fourth-order valence-corrected chi connectivity index (χ4v) is 1.97. The Bertz CT molecular complexity index is 263. The van der Waals surface area contributed by atoms with E-state index in [1.54, 1.807) is 7.05 Å². The summed E-state index contributed by atoms with van der Waals surface area (Å²) in [7, 11) is 1.63. The molecule has 72 valence electrons. The number of nitrogens with zero attached hydrogens (tertiary/aromatic N) is 1. The Labute approximate surface area is 81.2 Å². The van der Waals surface area contributed by atoms with Crippen LogP contribution in [0.25, 0.3) is 0 Å². The van der Waals surface area contributed by atoms with E-state index >= 15 is 0 Å². The third kappa shape index (κ3) is 2.84. The molecule has 0 aromatic carbocycles. The lowest BCUT2D eigenvalue weighted by Gasteiger charge is -2.01. The molecule has 1 unspecified atom stereocenters. The molecule has 0 radical (unpaired) electrons. The zero-order valence-corrected chi connectivity index (χ0v) is 8.48. The normalized spacial score (nSPS) is 24.9. The molecule has 1 aliphatic rings. The number of carbonyl (C=O) groups excluding carboxylic acids is 2. The molecule has 5 heteroatoms. The van der Waals surface area contributed by atoms with E-state index in [4.69, 9.17) is 0 Å². The molecular weight excluding hydrogens is 188 g/mol. The van der Waals surface area contributed by atoms with Crippen molar-refractivity contribution in [2.24, 2.45) is 4.99 Å². The van der Waals surface area contributed by atoms with E-state index in [-0.39, 0.29) is 16.9 Å². The van der Waals surface area contributed by atoms with Crippen LogP contribution in [-0.4, -0.2) is 29.2 Å². The molecule has 1 atom stereocenters. The summed E-state index contributed by atoms with van der Waals surface area (Å²) in [5, 5.41) is 3.16. The van der Waals surface area contributed by atoms with Gasteiger partial charge in [0.15, 0.2) is 5.17 Å². The van der Waals surface area contributed by atoms with Crippen LogP contribution in [0.4, 0.5) is 0 Å². The molecule has 0 aromatic rings. The number of nitrogens with one attached hydrogen (secondary N) is 1. The van der Waals surface area contributed by atoms with Crippen molar-refractivity contribution in [1.82, 2.24) is 5.32 Å². The van der Waals surface area contributed by atoms with Gasteiger partial charge in [-0.15, -0.1) is 0 Å². The summed E-state index contributed by atoms with van der Waals surface area (Å²) in [6.45, 7) is 1.53. The van der Waals surface area contributed by atoms with Crippen LogP contribution in [-0.2, 0) is 9.59 Å². The zero-order chi connectivity index (χ0) is 9.84. The largest absolute Gasteiger partial charge is 0.304 e. The number of thioether (sulfide) groups is 1. The van der Waals surface area contributed by atoms with Crippen LogP contribution in [0.2, 0.25) is 0 Å². The van der Waals surface area contributed by atoms with Crippen LogP contribution in [0, 0.1) is 0 Å². The Balaban J connectivity index is 2.44. The summed E-state index contributed by atoms with van der Waals surface area (Å²) in [6.07, 6.45) is 1.06. The molecule has 1 fully saturated rings. The van der Waals surface area contributed by atoms with Gasteiger partial charge in [-0.2, -0.15) is 0 Å². The quantitative estimate of drug-likeness (QED) is 0.724. The van der Waals surface area contributed by atoms with E-state index in [0.717, 1.165) is 0 Å². The summed E-state index contributed by atoms with van der Waals surface area (Å²) in [5.41, 5.74) is 0. The van der Waals surface area contributed by atoms with Crippen molar-refractivity contribution in [2.75, 3.05) is 7.05 Å². The predicted octanol–water partition coefficient (Wildman–Crippen LogP) is 0.573. The highest BCUT2D eigenvalue weighted by Crippen LogP contribution is 2.23. The monoisotopic (exact) mass is 200 g/mol. The maximum Gasteiger partial charge on any atom is 0.239 e. The number of carbonyl (C=O) groups is 2. The van der Waals surface area contributed by atoms with Crippen molar-refractivity contribution in [1.29, 1.82) is 0 Å². The van der Waals surface area contributed by atoms with Crippen LogP contribution in [0.15, 0.2) is 4.99 Å². The molecular formula is C8H12N2O2S. The Hall–Kier alpha value is -0.840. The lowest BCUT2D eigenvalue weighted by Crippen LogP contribution is -2.25. The topological polar surface area (TPSA) is 58.5 Å². The molecule has 1 aliphatic heterocycles. The highest BCUT2D eigenvalue weighted by atomic mass is 32.2. The third-order valence-electron chi connectivity index (χ3n) is 1.74. The Morgan fingerprint density at radius 3 is 2.85 bits per heavy atom. The first kappa shape index (κ1) is 10.2. The van der Waals surface area contributed by atoms with Crippen molar-refractivity contribution in [3.05, 3.63) is 0 Å². The van der Waals surface area contributed by atoms with Gasteiger partial charge in [0.25, 0.3) is 0 Å². The van der Waals surface area contributed by atoms with Crippen LogP contribution in [0.5, 0.6) is 0 Å². The van der Waals surface area contributed by atoms with Crippen molar-refractivity contribution in [2.45, 2.75) is 25.0 Å². The number of ketones is 1. The minimum absolute atomic E-state index is 0.0353. The molecule has 1 saturated heterocycles. The van der Waals surface area contributed by atoms with Gasteiger partial charge >= 0.3 is 0 Å². The Morgan fingerprint density at radius 1 is 1.69 bits per heavy atom. The van der Waals surface area contributed by atoms with Crippen LogP contribution >= 0.6 is 11.8 Å². The van der Waals surface area contributed by atoms with Crippen molar-refractivity contribution in [3.63, 3.8) is 0 Å². The molecule has 0 aliphatic carbocycles. The van der Waals surface area contributed by atoms with Gasteiger partial charge in [0, 0.05) is 13.5 Å². The second-order valence-corrected chi connectivity index (χ2v) is 4.06. The van der Waals surface area contributed by atoms with Gasteiger partial charge in [0.1, 0.15) is 5.78 Å². The fourth-order valence-electron chi connectivity index (χ4n) is 1.04. The SMILES string of the molecule is CN=C1NC(=O)C(CCC(C)=O)S1. The molecule has 1 rings (SSSR count). The molecule has 0 bridgehead atoms. The standard InChI is InChI=1S/C8H12N2O2S/c1-5(11)3-4-6-7(12)10-8(9-2)13-6/h6H,3-4H2,1-2H3,(H,9,10,12). The molecule has 1 heterocycles. The summed E-state index contributed by atoms with van der Waals surface area (Å²) >= 11 is 1.40. The molecule has 4 nitrogen and oxygen atoms in total. The smallest absolute Gasteiger partial charge is 0.239 e. The number of hydrogen-bond donors (Lipinski definition) is 1. The summed E-state index contributed by atoms with van der Waals surface area (Å²) in [4.78, 5) is 25.8. The van der Waals surface area contributed by atoms with Gasteiger partial charge in [-0.25, -0.2) is 0 Å². The van der Waals surface area contributed by atoms with Gasteiger partial charge in [-0.1, -0.05) is 11.8 Å². The number of aliphatic imine (C=N–C) groups is 1. The summed E-state index contributed by atoms with van der Waals surface area (Å²) < 4.78 is 0. The predicted molar refractivity (Wildman–Crippen MR) is 52.8 cm³/mol. The van der Waals surface area contributed by atoms with Crippen LogP contribution in [0.1, 0.15) is 19.8 Å². The molecule has 1 amide bonds. The van der Waals surface area contributed by atoms with Crippen LogP contribution < -0.4 is 5.32 Å². The van der Waals surface area contributed by atoms with Crippen molar-refractivity contribution in [3.8, 4) is 0 Å². The first-order chi connectivity index (χ1) is 6.13. The number of Topliss-reactive ketones (excluding diaryl/α,β-unsaturated/α-hetero) is 1. The minimum atomic E-state index is -0.136. The average Bonchev–Trinajstić information content (AvgIpc) is 2.43. The number of hydrogen-bond acceptors (Lipinski definition) is 4. The van der Waals surface area contributed by atoms with E-state index in [2.05, 4.69) is 10.3 Å². The number of amides is 1. The lowest BCUT2D eigenvalue weighted by molar-refractivity contribution is -0.119. The van der Waals surface area contributed by atoms with E-state index < -0.39 is 0 Å². The van der Waals surface area contributed by atoms with E-state index in [1.165, 1.54) is 18.7 Å². The van der Waals surface area contributed by atoms with Crippen molar-refractivity contribution >= 4 is 28.6 Å². The number of rotatable bonds is 3. The second kappa shape index (κ2) is 4.41. The minimum Gasteiger partial charge on any atom is -0.304 e. The highest BCUT2D eigenvalue weighted by molar-refractivity contribution is 8.15. The maximum absolute atomic E-state index is 11.2.